The van der Waals surface area contributed by atoms with Crippen LogP contribution in [0, 0.1) is 11.6 Å². The number of urea groups is 1. The lowest BCUT2D eigenvalue weighted by Crippen LogP contribution is -2.58. The molecule has 0 fully saturated rings. The molecule has 0 unspecified atom stereocenters. The number of aliphatic carboxylic acids is 1. The number of anilines is 1. The zero-order valence-electron chi connectivity index (χ0n) is 17.8. The number of hydrogen-bond donors (Lipinski definition) is 2. The fourth-order valence-corrected chi connectivity index (χ4v) is 3.42. The molecule has 3 amide bonds. The van der Waals surface area contributed by atoms with Gasteiger partial charge in [-0.05, 0) is 42.3 Å². The van der Waals surface area contributed by atoms with Crippen molar-refractivity contribution in [1.29, 1.82) is 0 Å². The number of amides is 3. The zero-order valence-corrected chi connectivity index (χ0v) is 17.8. The molecule has 0 aromatic heterocycles. The number of hydrogen-bond acceptors (Lipinski definition) is 4. The number of rotatable bonds is 6. The van der Waals surface area contributed by atoms with Crippen LogP contribution in [0.15, 0.2) is 54.2 Å². The van der Waals surface area contributed by atoms with Gasteiger partial charge in [0.15, 0.2) is 23.5 Å². The number of carbonyl (C=O) groups is 4. The number of carboxylic acids is 1. The van der Waals surface area contributed by atoms with Gasteiger partial charge in [0.2, 0.25) is 0 Å². The zero-order chi connectivity index (χ0) is 24.3. The van der Waals surface area contributed by atoms with Gasteiger partial charge < -0.3 is 15.3 Å². The summed E-state index contributed by atoms with van der Waals surface area (Å²) < 4.78 is 27.1. The van der Waals surface area contributed by atoms with Gasteiger partial charge >= 0.3 is 12.0 Å². The third-order valence-corrected chi connectivity index (χ3v) is 5.08. The first-order chi connectivity index (χ1) is 15.6. The Balaban J connectivity index is 2.06. The molecule has 0 spiro atoms. The molecule has 1 aliphatic rings. The molecule has 0 saturated heterocycles. The van der Waals surface area contributed by atoms with Gasteiger partial charge in [0, 0.05) is 31.1 Å². The predicted octanol–water partition coefficient (Wildman–Crippen LogP) is 2.94. The molecule has 0 saturated carbocycles. The lowest BCUT2D eigenvalue weighted by molar-refractivity contribution is -0.137. The van der Waals surface area contributed by atoms with Gasteiger partial charge in [-0.25, -0.2) is 13.6 Å². The number of carbonyl (C=O) groups excluding carboxylic acids is 3. The van der Waals surface area contributed by atoms with Gasteiger partial charge in [0.25, 0.3) is 5.91 Å². The molecule has 2 aromatic carbocycles. The topological polar surface area (TPSA) is 107 Å². The van der Waals surface area contributed by atoms with Crippen molar-refractivity contribution >= 4 is 29.4 Å². The monoisotopic (exact) mass is 457 g/mol. The van der Waals surface area contributed by atoms with E-state index in [9.17, 15) is 28.0 Å². The second-order valence-electron chi connectivity index (χ2n) is 7.45. The van der Waals surface area contributed by atoms with Gasteiger partial charge in [0.1, 0.15) is 0 Å². The average molecular weight is 457 g/mol. The van der Waals surface area contributed by atoms with E-state index in [0.717, 1.165) is 17.0 Å². The summed E-state index contributed by atoms with van der Waals surface area (Å²) in [5.74, 6) is -4.45. The summed E-state index contributed by atoms with van der Waals surface area (Å²) in [5, 5.41) is 11.3. The summed E-state index contributed by atoms with van der Waals surface area (Å²) in [7, 11) is 1.45. The summed E-state index contributed by atoms with van der Waals surface area (Å²) in [6.45, 7) is 1.28. The Morgan fingerprint density at radius 1 is 1.09 bits per heavy atom. The van der Waals surface area contributed by atoms with E-state index in [-0.39, 0.29) is 24.2 Å². The number of benzene rings is 2. The first-order valence-electron chi connectivity index (χ1n) is 9.94. The van der Waals surface area contributed by atoms with Gasteiger partial charge in [-0.2, -0.15) is 0 Å². The Morgan fingerprint density at radius 2 is 1.79 bits per heavy atom. The van der Waals surface area contributed by atoms with Crippen LogP contribution in [0.1, 0.15) is 13.3 Å². The van der Waals surface area contributed by atoms with Crippen molar-refractivity contribution < 1.29 is 33.1 Å². The van der Waals surface area contributed by atoms with E-state index in [1.807, 2.05) is 0 Å². The minimum Gasteiger partial charge on any atom is -0.481 e. The molecule has 3 rings (SSSR count). The molecule has 172 valence electrons. The third kappa shape index (κ3) is 5.05. The van der Waals surface area contributed by atoms with Gasteiger partial charge in [-0.1, -0.05) is 18.2 Å². The minimum atomic E-state index is -1.52. The highest BCUT2D eigenvalue weighted by molar-refractivity contribution is 6.21. The predicted molar refractivity (Wildman–Crippen MR) is 115 cm³/mol. The van der Waals surface area contributed by atoms with E-state index in [1.54, 1.807) is 6.07 Å². The van der Waals surface area contributed by atoms with Crippen LogP contribution in [0.2, 0.25) is 0 Å². The van der Waals surface area contributed by atoms with Crippen LogP contribution in [0.3, 0.4) is 0 Å². The molecular formula is C23H21F2N3O5. The second-order valence-corrected chi connectivity index (χ2v) is 7.45. The Bertz CT molecular complexity index is 1160. The van der Waals surface area contributed by atoms with Gasteiger partial charge in [0.05, 0.1) is 6.42 Å². The molecule has 0 aliphatic carbocycles. The standard InChI is InChI=1S/C23H21F2N3O5/c1-13-12-27(2)22(32)20(21(13)31)28(23(33)26-9-8-19(29)30)16-5-3-4-14(10-16)15-6-7-17(24)18(25)11-15/h3-7,10-12,20H,8-9H2,1-2H3,(H,26,33)(H,29,30)/t20-/m0/s1. The lowest BCUT2D eigenvalue weighted by Gasteiger charge is -2.34. The van der Waals surface area contributed by atoms with Crippen molar-refractivity contribution in [2.75, 3.05) is 18.5 Å². The number of halogens is 2. The molecule has 8 nitrogen and oxygen atoms in total. The highest BCUT2D eigenvalue weighted by atomic mass is 19.2. The maximum Gasteiger partial charge on any atom is 0.323 e. The third-order valence-electron chi connectivity index (χ3n) is 5.08. The number of Topliss-reactive ketones (excluding diaryl/α,β-unsaturated/α-hetero) is 1. The Morgan fingerprint density at radius 3 is 2.45 bits per heavy atom. The van der Waals surface area contributed by atoms with Crippen molar-refractivity contribution in [3.8, 4) is 11.1 Å². The smallest absolute Gasteiger partial charge is 0.323 e. The van der Waals surface area contributed by atoms with Crippen molar-refractivity contribution in [3.63, 3.8) is 0 Å². The minimum absolute atomic E-state index is 0.139. The Labute approximate surface area is 188 Å². The molecule has 0 radical (unpaired) electrons. The molecule has 0 bridgehead atoms. The first kappa shape index (κ1) is 23.6. The summed E-state index contributed by atoms with van der Waals surface area (Å²) in [4.78, 5) is 51.8. The first-order valence-corrected chi connectivity index (χ1v) is 9.94. The Kier molecular flexibility index (Phi) is 6.86. The second kappa shape index (κ2) is 9.60. The SMILES string of the molecule is CC1=CN(C)C(=O)[C@@H](N(C(=O)NCCC(=O)O)c2cccc(-c3ccc(F)c(F)c3)c2)C1=O. The van der Waals surface area contributed by atoms with Crippen molar-refractivity contribution in [2.45, 2.75) is 19.4 Å². The largest absolute Gasteiger partial charge is 0.481 e. The molecule has 10 heteroatoms. The number of ketones is 1. The quantitative estimate of drug-likeness (QED) is 0.649. The molecule has 1 heterocycles. The summed E-state index contributed by atoms with van der Waals surface area (Å²) in [5.41, 5.74) is 1.12. The number of likely N-dealkylation sites (N-methyl/N-ethyl adjacent to an activating group) is 1. The van der Waals surface area contributed by atoms with Crippen LogP contribution in [-0.4, -0.2) is 53.3 Å². The summed E-state index contributed by atoms with van der Waals surface area (Å²) in [6.07, 6.45) is 0.999. The van der Waals surface area contributed by atoms with Crippen molar-refractivity contribution in [1.82, 2.24) is 10.2 Å². The van der Waals surface area contributed by atoms with E-state index in [2.05, 4.69) is 5.32 Å². The molecular weight excluding hydrogens is 436 g/mol. The van der Waals surface area contributed by atoms with Crippen molar-refractivity contribution in [2.24, 2.45) is 0 Å². The average Bonchev–Trinajstić information content (AvgIpc) is 2.77. The van der Waals surface area contributed by atoms with Crippen molar-refractivity contribution in [3.05, 3.63) is 65.9 Å². The van der Waals surface area contributed by atoms with E-state index >= 15 is 0 Å². The number of nitrogens with one attached hydrogen (secondary N) is 1. The maximum atomic E-state index is 13.7. The molecule has 33 heavy (non-hydrogen) atoms. The lowest BCUT2D eigenvalue weighted by atomic mass is 9.98. The van der Waals surface area contributed by atoms with Crippen LogP contribution in [-0.2, 0) is 14.4 Å². The molecule has 2 N–H and O–H groups in total. The highest BCUT2D eigenvalue weighted by Crippen LogP contribution is 2.29. The van der Waals surface area contributed by atoms with Gasteiger partial charge in [-0.15, -0.1) is 0 Å². The van der Waals surface area contributed by atoms with E-state index in [4.69, 9.17) is 5.11 Å². The van der Waals surface area contributed by atoms with Crippen LogP contribution in [0.25, 0.3) is 11.1 Å². The highest BCUT2D eigenvalue weighted by Gasteiger charge is 2.41. The van der Waals surface area contributed by atoms with Crippen LogP contribution in [0.5, 0.6) is 0 Å². The fraction of sp³-hybridized carbons (Fsp3) is 0.217. The van der Waals surface area contributed by atoms with E-state index in [1.165, 1.54) is 49.3 Å². The molecule has 1 atom stereocenters. The maximum absolute atomic E-state index is 13.7. The fourth-order valence-electron chi connectivity index (χ4n) is 3.42. The van der Waals surface area contributed by atoms with Crippen LogP contribution >= 0.6 is 0 Å². The van der Waals surface area contributed by atoms with Gasteiger partial charge in [-0.3, -0.25) is 19.3 Å². The normalized spacial score (nSPS) is 15.8. The summed E-state index contributed by atoms with van der Waals surface area (Å²) in [6, 6.07) is 7.00. The van der Waals surface area contributed by atoms with E-state index < -0.39 is 41.4 Å². The number of nitrogens with zero attached hydrogens (tertiary/aromatic N) is 2. The number of carboxylic acid groups (broad SMARTS) is 1. The molecule has 1 aliphatic heterocycles. The Hall–Kier alpha value is -4.08. The van der Waals surface area contributed by atoms with Crippen LogP contribution < -0.4 is 10.2 Å². The molecule has 2 aromatic rings. The van der Waals surface area contributed by atoms with Crippen LogP contribution in [0.4, 0.5) is 19.3 Å². The summed E-state index contributed by atoms with van der Waals surface area (Å²) >= 11 is 0. The van der Waals surface area contributed by atoms with E-state index in [0.29, 0.717) is 11.1 Å².